The number of amidine groups is 1. The van der Waals surface area contributed by atoms with E-state index in [1.807, 2.05) is 19.1 Å². The Kier molecular flexibility index (Phi) is 4.45. The Bertz CT molecular complexity index is 475. The Hall–Kier alpha value is -1.71. The van der Waals surface area contributed by atoms with Crippen LogP contribution in [0.5, 0.6) is 0 Å². The van der Waals surface area contributed by atoms with E-state index < -0.39 is 0 Å². The van der Waals surface area contributed by atoms with Gasteiger partial charge < -0.3 is 15.8 Å². The number of nitrogens with zero attached hydrogens (tertiary/aromatic N) is 2. The van der Waals surface area contributed by atoms with E-state index in [1.165, 1.54) is 0 Å². The minimum atomic E-state index is 0.149. The van der Waals surface area contributed by atoms with E-state index in [0.29, 0.717) is 6.04 Å². The van der Waals surface area contributed by atoms with Crippen molar-refractivity contribution < 1.29 is 5.21 Å². The first-order valence-electron chi connectivity index (χ1n) is 6.50. The van der Waals surface area contributed by atoms with Gasteiger partial charge in [-0.3, -0.25) is 0 Å². The van der Waals surface area contributed by atoms with Gasteiger partial charge in [-0.15, -0.1) is 0 Å². The predicted octanol–water partition coefficient (Wildman–Crippen LogP) is 2.96. The molecule has 1 atom stereocenters. The molecule has 0 spiro atoms. The lowest BCUT2D eigenvalue weighted by molar-refractivity contribution is 0.318. The summed E-state index contributed by atoms with van der Waals surface area (Å²) in [5, 5.41) is 11.8. The first-order valence-corrected chi connectivity index (χ1v) is 6.50. The van der Waals surface area contributed by atoms with Crippen LogP contribution in [-0.4, -0.2) is 24.1 Å². The lowest BCUT2D eigenvalue weighted by Crippen LogP contribution is -2.39. The van der Waals surface area contributed by atoms with Crippen molar-refractivity contribution in [2.75, 3.05) is 11.9 Å². The van der Waals surface area contributed by atoms with Gasteiger partial charge in [0.2, 0.25) is 0 Å². The highest BCUT2D eigenvalue weighted by atomic mass is 16.4. The molecule has 1 aromatic carbocycles. The van der Waals surface area contributed by atoms with Gasteiger partial charge in [0.05, 0.1) is 0 Å². The summed E-state index contributed by atoms with van der Waals surface area (Å²) in [5.74, 6) is 0.149. The third kappa shape index (κ3) is 3.40. The van der Waals surface area contributed by atoms with E-state index in [1.54, 1.807) is 0 Å². The Morgan fingerprint density at radius 1 is 1.37 bits per heavy atom. The van der Waals surface area contributed by atoms with Crippen molar-refractivity contribution in [3.63, 3.8) is 0 Å². The Balaban J connectivity index is 3.08. The van der Waals surface area contributed by atoms with Crippen molar-refractivity contribution >= 4 is 11.5 Å². The molecule has 0 amide bonds. The summed E-state index contributed by atoms with van der Waals surface area (Å²) in [7, 11) is 2.09. The zero-order valence-electron chi connectivity index (χ0n) is 12.7. The molecule has 0 aliphatic carbocycles. The average Bonchev–Trinajstić information content (AvgIpc) is 2.34. The van der Waals surface area contributed by atoms with Gasteiger partial charge in [-0.25, -0.2) is 0 Å². The molecule has 1 unspecified atom stereocenters. The van der Waals surface area contributed by atoms with Crippen LogP contribution in [-0.2, 0) is 0 Å². The molecule has 1 aromatic rings. The summed E-state index contributed by atoms with van der Waals surface area (Å²) < 4.78 is 0. The minimum absolute atomic E-state index is 0.149. The molecule has 4 nitrogen and oxygen atoms in total. The van der Waals surface area contributed by atoms with E-state index in [-0.39, 0.29) is 11.3 Å². The zero-order chi connectivity index (χ0) is 14.8. The monoisotopic (exact) mass is 263 g/mol. The van der Waals surface area contributed by atoms with Crippen molar-refractivity contribution in [3.05, 3.63) is 29.3 Å². The largest absolute Gasteiger partial charge is 0.409 e. The molecular formula is C15H25N3O. The Labute approximate surface area is 115 Å². The summed E-state index contributed by atoms with van der Waals surface area (Å²) >= 11 is 0. The normalized spacial score (nSPS) is 14.3. The lowest BCUT2D eigenvalue weighted by Gasteiger charge is -2.37. The fourth-order valence-electron chi connectivity index (χ4n) is 2.01. The maximum absolute atomic E-state index is 8.74. The molecule has 0 radical (unpaired) electrons. The van der Waals surface area contributed by atoms with Crippen molar-refractivity contribution in [1.82, 2.24) is 0 Å². The SMILES string of the molecule is Cc1cc(N(C)C(C)C(C)(C)C)ccc1/C(N)=N/O. The third-order valence-corrected chi connectivity index (χ3v) is 3.84. The Morgan fingerprint density at radius 3 is 2.37 bits per heavy atom. The molecule has 0 aliphatic rings. The van der Waals surface area contributed by atoms with Gasteiger partial charge >= 0.3 is 0 Å². The van der Waals surface area contributed by atoms with Crippen LogP contribution in [0.3, 0.4) is 0 Å². The van der Waals surface area contributed by atoms with E-state index in [0.717, 1.165) is 16.8 Å². The van der Waals surface area contributed by atoms with Gasteiger partial charge in [0.1, 0.15) is 0 Å². The number of rotatable bonds is 3. The topological polar surface area (TPSA) is 61.8 Å². The number of oxime groups is 1. The third-order valence-electron chi connectivity index (χ3n) is 3.84. The van der Waals surface area contributed by atoms with Crippen molar-refractivity contribution in [1.29, 1.82) is 0 Å². The van der Waals surface area contributed by atoms with Gasteiger partial charge in [-0.05, 0) is 43.0 Å². The molecule has 0 bridgehead atoms. The standard InChI is InChI=1S/C15H25N3O/c1-10-9-12(7-8-13(10)14(16)17-19)18(6)11(2)15(3,4)5/h7-9,11,19H,1-6H3,(H2,16,17). The summed E-state index contributed by atoms with van der Waals surface area (Å²) in [5.41, 5.74) is 8.74. The second-order valence-electron chi connectivity index (χ2n) is 6.14. The van der Waals surface area contributed by atoms with Crippen molar-refractivity contribution in [2.45, 2.75) is 40.7 Å². The number of aryl methyl sites for hydroxylation is 1. The molecule has 0 aromatic heterocycles. The summed E-state index contributed by atoms with van der Waals surface area (Å²) in [6, 6.07) is 6.37. The van der Waals surface area contributed by atoms with E-state index in [9.17, 15) is 0 Å². The molecule has 0 fully saturated rings. The molecule has 1 rings (SSSR count). The van der Waals surface area contributed by atoms with Crippen LogP contribution in [0, 0.1) is 12.3 Å². The van der Waals surface area contributed by atoms with Crippen molar-refractivity contribution in [3.8, 4) is 0 Å². The number of nitrogens with two attached hydrogens (primary N) is 1. The first kappa shape index (κ1) is 15.3. The van der Waals surface area contributed by atoms with E-state index >= 15 is 0 Å². The molecule has 3 N–H and O–H groups in total. The highest BCUT2D eigenvalue weighted by molar-refractivity contribution is 5.98. The second-order valence-corrected chi connectivity index (χ2v) is 6.14. The molecule has 0 aliphatic heterocycles. The van der Waals surface area contributed by atoms with Gasteiger partial charge in [0.15, 0.2) is 5.84 Å². The second kappa shape index (κ2) is 5.51. The van der Waals surface area contributed by atoms with Crippen LogP contribution < -0.4 is 10.6 Å². The van der Waals surface area contributed by atoms with Crippen LogP contribution in [0.4, 0.5) is 5.69 Å². The van der Waals surface area contributed by atoms with Crippen LogP contribution in [0.1, 0.15) is 38.8 Å². The minimum Gasteiger partial charge on any atom is -0.409 e. The van der Waals surface area contributed by atoms with Crippen LogP contribution in [0.25, 0.3) is 0 Å². The smallest absolute Gasteiger partial charge is 0.170 e. The predicted molar refractivity (Wildman–Crippen MR) is 81.0 cm³/mol. The number of hydrogen-bond donors (Lipinski definition) is 2. The van der Waals surface area contributed by atoms with Gasteiger partial charge in [0, 0.05) is 24.3 Å². The molecule has 106 valence electrons. The zero-order valence-corrected chi connectivity index (χ0v) is 12.7. The number of anilines is 1. The molecule has 4 heteroatoms. The molecule has 19 heavy (non-hydrogen) atoms. The Morgan fingerprint density at radius 2 is 1.95 bits per heavy atom. The number of hydrogen-bond acceptors (Lipinski definition) is 3. The summed E-state index contributed by atoms with van der Waals surface area (Å²) in [4.78, 5) is 2.25. The average molecular weight is 263 g/mol. The van der Waals surface area contributed by atoms with Gasteiger partial charge in [0.25, 0.3) is 0 Å². The maximum Gasteiger partial charge on any atom is 0.170 e. The molecular weight excluding hydrogens is 238 g/mol. The van der Waals surface area contributed by atoms with Gasteiger partial charge in [-0.2, -0.15) is 0 Å². The first-order chi connectivity index (χ1) is 8.68. The van der Waals surface area contributed by atoms with Crippen LogP contribution >= 0.6 is 0 Å². The quantitative estimate of drug-likeness (QED) is 0.381. The highest BCUT2D eigenvalue weighted by Gasteiger charge is 2.24. The van der Waals surface area contributed by atoms with E-state index in [4.69, 9.17) is 10.9 Å². The lowest BCUT2D eigenvalue weighted by atomic mass is 9.87. The summed E-state index contributed by atoms with van der Waals surface area (Å²) in [6.07, 6.45) is 0. The van der Waals surface area contributed by atoms with Crippen molar-refractivity contribution in [2.24, 2.45) is 16.3 Å². The molecule has 0 saturated heterocycles. The van der Waals surface area contributed by atoms with Gasteiger partial charge in [-0.1, -0.05) is 25.9 Å². The van der Waals surface area contributed by atoms with Crippen LogP contribution in [0.2, 0.25) is 0 Å². The number of benzene rings is 1. The van der Waals surface area contributed by atoms with Crippen LogP contribution in [0.15, 0.2) is 23.4 Å². The fourth-order valence-corrected chi connectivity index (χ4v) is 2.01. The fraction of sp³-hybridized carbons (Fsp3) is 0.533. The molecule has 0 heterocycles. The maximum atomic E-state index is 8.74. The van der Waals surface area contributed by atoms with E-state index in [2.05, 4.69) is 50.9 Å². The molecule has 0 saturated carbocycles. The highest BCUT2D eigenvalue weighted by Crippen LogP contribution is 2.28. The summed E-state index contributed by atoms with van der Waals surface area (Å²) in [6.45, 7) is 10.9.